The number of nitrogens with zero attached hydrogens (tertiary/aromatic N) is 2. The quantitative estimate of drug-likeness (QED) is 0.662. The lowest BCUT2D eigenvalue weighted by Crippen LogP contribution is -2.53. The Balaban J connectivity index is 1.87. The SMILES string of the molecule is CN(C)CCNS(=O)(=O)N1CCCCC1CNC1CC1. The van der Waals surface area contributed by atoms with Crippen LogP contribution in [0.1, 0.15) is 32.1 Å². The molecule has 1 saturated carbocycles. The van der Waals surface area contributed by atoms with Crippen LogP contribution in [0.4, 0.5) is 0 Å². The molecule has 2 aliphatic rings. The van der Waals surface area contributed by atoms with Crippen LogP contribution < -0.4 is 10.0 Å². The zero-order chi connectivity index (χ0) is 14.6. The summed E-state index contributed by atoms with van der Waals surface area (Å²) in [5.74, 6) is 0. The van der Waals surface area contributed by atoms with Crippen LogP contribution in [-0.4, -0.2) is 70.0 Å². The lowest BCUT2D eigenvalue weighted by atomic mass is 10.1. The maximum atomic E-state index is 12.4. The van der Waals surface area contributed by atoms with Gasteiger partial charge >= 0.3 is 0 Å². The van der Waals surface area contributed by atoms with Crippen molar-refractivity contribution in [1.29, 1.82) is 0 Å². The number of likely N-dealkylation sites (N-methyl/N-ethyl adjacent to an activating group) is 1. The molecule has 2 N–H and O–H groups in total. The highest BCUT2D eigenvalue weighted by Gasteiger charge is 2.33. The van der Waals surface area contributed by atoms with Crippen molar-refractivity contribution in [3.63, 3.8) is 0 Å². The normalized spacial score (nSPS) is 25.2. The summed E-state index contributed by atoms with van der Waals surface area (Å²) in [6.07, 6.45) is 5.53. The smallest absolute Gasteiger partial charge is 0.279 e. The molecule has 0 spiro atoms. The van der Waals surface area contributed by atoms with Gasteiger partial charge in [-0.1, -0.05) is 6.42 Å². The number of rotatable bonds is 8. The van der Waals surface area contributed by atoms with Crippen molar-refractivity contribution >= 4 is 10.2 Å². The summed E-state index contributed by atoms with van der Waals surface area (Å²) in [4.78, 5) is 1.98. The van der Waals surface area contributed by atoms with Crippen molar-refractivity contribution in [2.24, 2.45) is 0 Å². The Kier molecular flexibility index (Phi) is 5.80. The maximum absolute atomic E-state index is 12.4. The van der Waals surface area contributed by atoms with Gasteiger partial charge < -0.3 is 10.2 Å². The van der Waals surface area contributed by atoms with Gasteiger partial charge in [-0.3, -0.25) is 0 Å². The molecule has 0 bridgehead atoms. The van der Waals surface area contributed by atoms with Gasteiger partial charge in [0.05, 0.1) is 0 Å². The molecule has 2 rings (SSSR count). The molecule has 0 aromatic rings. The van der Waals surface area contributed by atoms with E-state index in [0.717, 1.165) is 32.4 Å². The van der Waals surface area contributed by atoms with Crippen LogP contribution in [0.3, 0.4) is 0 Å². The first-order valence-corrected chi connectivity index (χ1v) is 9.07. The number of hydrogen-bond acceptors (Lipinski definition) is 4. The van der Waals surface area contributed by atoms with E-state index in [4.69, 9.17) is 0 Å². The largest absolute Gasteiger partial charge is 0.312 e. The summed E-state index contributed by atoms with van der Waals surface area (Å²) in [7, 11) is 0.545. The van der Waals surface area contributed by atoms with Crippen LogP contribution in [0.5, 0.6) is 0 Å². The van der Waals surface area contributed by atoms with Crippen molar-refractivity contribution in [1.82, 2.24) is 19.2 Å². The van der Waals surface area contributed by atoms with Gasteiger partial charge in [-0.2, -0.15) is 12.7 Å². The van der Waals surface area contributed by atoms with E-state index in [1.165, 1.54) is 12.8 Å². The van der Waals surface area contributed by atoms with Crippen LogP contribution in [-0.2, 0) is 10.2 Å². The average Bonchev–Trinajstić information content (AvgIpc) is 3.20. The molecule has 2 fully saturated rings. The van der Waals surface area contributed by atoms with Crippen LogP contribution in [0.15, 0.2) is 0 Å². The predicted molar refractivity (Wildman–Crippen MR) is 80.8 cm³/mol. The van der Waals surface area contributed by atoms with E-state index in [-0.39, 0.29) is 6.04 Å². The highest BCUT2D eigenvalue weighted by molar-refractivity contribution is 7.87. The lowest BCUT2D eigenvalue weighted by molar-refractivity contribution is 0.242. The fourth-order valence-electron chi connectivity index (χ4n) is 2.57. The number of nitrogens with one attached hydrogen (secondary N) is 2. The molecule has 0 aromatic heterocycles. The molecule has 20 heavy (non-hydrogen) atoms. The predicted octanol–water partition coefficient (Wildman–Crippen LogP) is -0.0111. The summed E-state index contributed by atoms with van der Waals surface area (Å²) in [6.45, 7) is 2.63. The van der Waals surface area contributed by atoms with Gasteiger partial charge in [-0.15, -0.1) is 0 Å². The lowest BCUT2D eigenvalue weighted by Gasteiger charge is -2.35. The second-order valence-corrected chi connectivity index (χ2v) is 7.85. The number of piperidine rings is 1. The molecule has 1 atom stereocenters. The topological polar surface area (TPSA) is 64.7 Å². The third-order valence-electron chi connectivity index (χ3n) is 3.94. The van der Waals surface area contributed by atoms with Gasteiger partial charge in [0.2, 0.25) is 0 Å². The summed E-state index contributed by atoms with van der Waals surface area (Å²) >= 11 is 0. The van der Waals surface area contributed by atoms with E-state index in [9.17, 15) is 8.42 Å². The first-order chi connectivity index (χ1) is 9.49. The van der Waals surface area contributed by atoms with E-state index in [1.54, 1.807) is 4.31 Å². The van der Waals surface area contributed by atoms with Crippen LogP contribution in [0, 0.1) is 0 Å². The van der Waals surface area contributed by atoms with E-state index in [1.807, 2.05) is 19.0 Å². The summed E-state index contributed by atoms with van der Waals surface area (Å²) in [5.41, 5.74) is 0. The first-order valence-electron chi connectivity index (χ1n) is 7.63. The van der Waals surface area contributed by atoms with Crippen molar-refractivity contribution in [2.45, 2.75) is 44.2 Å². The molecule has 0 aromatic carbocycles. The molecule has 7 heteroatoms. The van der Waals surface area contributed by atoms with Gasteiger partial charge in [0, 0.05) is 38.3 Å². The molecular formula is C13H28N4O2S. The van der Waals surface area contributed by atoms with E-state index in [2.05, 4.69) is 10.0 Å². The average molecular weight is 304 g/mol. The van der Waals surface area contributed by atoms with Crippen LogP contribution in [0.2, 0.25) is 0 Å². The van der Waals surface area contributed by atoms with Gasteiger partial charge in [0.25, 0.3) is 10.2 Å². The monoisotopic (exact) mass is 304 g/mol. The summed E-state index contributed by atoms with van der Waals surface area (Å²) < 4.78 is 29.2. The van der Waals surface area contributed by atoms with E-state index < -0.39 is 10.2 Å². The Morgan fingerprint density at radius 2 is 1.95 bits per heavy atom. The zero-order valence-corrected chi connectivity index (χ0v) is 13.5. The number of hydrogen-bond donors (Lipinski definition) is 2. The van der Waals surface area contributed by atoms with Crippen LogP contribution in [0.25, 0.3) is 0 Å². The molecule has 1 aliphatic heterocycles. The Bertz CT molecular complexity index is 395. The third kappa shape index (κ3) is 4.96. The Morgan fingerprint density at radius 3 is 2.60 bits per heavy atom. The third-order valence-corrected chi connectivity index (χ3v) is 5.61. The summed E-state index contributed by atoms with van der Waals surface area (Å²) in [5, 5.41) is 3.46. The minimum absolute atomic E-state index is 0.112. The van der Waals surface area contributed by atoms with Gasteiger partial charge in [0.15, 0.2) is 0 Å². The molecule has 1 unspecified atom stereocenters. The fourth-order valence-corrected chi connectivity index (χ4v) is 4.02. The molecule has 0 amide bonds. The van der Waals surface area contributed by atoms with Gasteiger partial charge in [-0.25, -0.2) is 4.72 Å². The molecule has 1 heterocycles. The Hall–Kier alpha value is -0.210. The van der Waals surface area contributed by atoms with E-state index >= 15 is 0 Å². The molecule has 1 saturated heterocycles. The molecule has 1 aliphatic carbocycles. The molecular weight excluding hydrogens is 276 g/mol. The fraction of sp³-hybridized carbons (Fsp3) is 1.00. The highest BCUT2D eigenvalue weighted by atomic mass is 32.2. The Labute approximate surface area is 123 Å². The van der Waals surface area contributed by atoms with Crippen molar-refractivity contribution < 1.29 is 8.42 Å². The minimum atomic E-state index is -3.34. The zero-order valence-electron chi connectivity index (χ0n) is 12.6. The second kappa shape index (κ2) is 7.17. The van der Waals surface area contributed by atoms with Gasteiger partial charge in [-0.05, 0) is 39.8 Å². The molecule has 6 nitrogen and oxygen atoms in total. The second-order valence-electron chi connectivity index (χ2n) is 6.15. The highest BCUT2D eigenvalue weighted by Crippen LogP contribution is 2.22. The Morgan fingerprint density at radius 1 is 1.20 bits per heavy atom. The van der Waals surface area contributed by atoms with Gasteiger partial charge in [0.1, 0.15) is 0 Å². The first kappa shape index (κ1) is 16.2. The van der Waals surface area contributed by atoms with Crippen molar-refractivity contribution in [3.05, 3.63) is 0 Å². The minimum Gasteiger partial charge on any atom is -0.312 e. The molecule has 0 radical (unpaired) electrons. The van der Waals surface area contributed by atoms with E-state index in [0.29, 0.717) is 19.1 Å². The summed E-state index contributed by atoms with van der Waals surface area (Å²) in [6, 6.07) is 0.740. The van der Waals surface area contributed by atoms with Crippen molar-refractivity contribution in [2.75, 3.05) is 40.3 Å². The van der Waals surface area contributed by atoms with Crippen molar-refractivity contribution in [3.8, 4) is 0 Å². The van der Waals surface area contributed by atoms with Crippen LogP contribution >= 0.6 is 0 Å². The maximum Gasteiger partial charge on any atom is 0.279 e. The molecule has 118 valence electrons. The standard InChI is InChI=1S/C13H28N4O2S/c1-16(2)10-8-15-20(18,19)17-9-4-3-5-13(17)11-14-12-6-7-12/h12-15H,3-11H2,1-2H3.